The van der Waals surface area contributed by atoms with Crippen molar-refractivity contribution in [3.05, 3.63) is 29.3 Å². The smallest absolute Gasteiger partial charge is 0.115 e. The van der Waals surface area contributed by atoms with E-state index in [2.05, 4.69) is 25.2 Å². The summed E-state index contributed by atoms with van der Waals surface area (Å²) in [5.41, 5.74) is 2.31. The lowest BCUT2D eigenvalue weighted by atomic mass is 9.53. The monoisotopic (exact) mass is 385 g/mol. The number of phenolic OH excluding ortho intramolecular Hbond substituents is 1. The van der Waals surface area contributed by atoms with Crippen molar-refractivity contribution in [2.24, 2.45) is 17.3 Å². The molecular formula is C25H39NO2. The largest absolute Gasteiger partial charge is 0.508 e. The normalized spacial score (nSPS) is 36.6. The molecule has 0 bridgehead atoms. The van der Waals surface area contributed by atoms with Crippen molar-refractivity contribution in [1.82, 2.24) is 5.32 Å². The van der Waals surface area contributed by atoms with E-state index in [0.29, 0.717) is 23.5 Å². The van der Waals surface area contributed by atoms with Gasteiger partial charge in [0.05, 0.1) is 5.60 Å². The molecule has 0 radical (unpaired) electrons. The van der Waals surface area contributed by atoms with Gasteiger partial charge < -0.3 is 15.5 Å². The first kappa shape index (κ1) is 20.2. The zero-order valence-electron chi connectivity index (χ0n) is 17.8. The second-order valence-corrected chi connectivity index (χ2v) is 10.1. The fraction of sp³-hybridized carbons (Fsp3) is 0.760. The summed E-state index contributed by atoms with van der Waals surface area (Å²) >= 11 is 0. The minimum Gasteiger partial charge on any atom is -0.508 e. The summed E-state index contributed by atoms with van der Waals surface area (Å²) in [4.78, 5) is 0. The van der Waals surface area contributed by atoms with Gasteiger partial charge in [0.2, 0.25) is 0 Å². The quantitative estimate of drug-likeness (QED) is 0.569. The molecule has 0 saturated heterocycles. The Bertz CT molecular complexity index is 689. The van der Waals surface area contributed by atoms with Gasteiger partial charge in [0.15, 0.2) is 0 Å². The summed E-state index contributed by atoms with van der Waals surface area (Å²) in [7, 11) is 0. The van der Waals surface area contributed by atoms with Crippen LogP contribution in [0.5, 0.6) is 5.75 Å². The Balaban J connectivity index is 1.44. The molecule has 3 aliphatic rings. The van der Waals surface area contributed by atoms with Crippen LogP contribution >= 0.6 is 0 Å². The Labute approximate surface area is 170 Å². The number of hydrogen-bond donors (Lipinski definition) is 3. The molecular weight excluding hydrogens is 346 g/mol. The molecule has 0 heterocycles. The van der Waals surface area contributed by atoms with Crippen molar-refractivity contribution in [1.29, 1.82) is 0 Å². The third-order valence-corrected chi connectivity index (χ3v) is 8.66. The zero-order chi connectivity index (χ0) is 19.8. The molecule has 0 aliphatic heterocycles. The molecule has 2 saturated carbocycles. The van der Waals surface area contributed by atoms with Gasteiger partial charge in [0, 0.05) is 12.0 Å². The highest BCUT2D eigenvalue weighted by Crippen LogP contribution is 2.64. The van der Waals surface area contributed by atoms with Crippen LogP contribution in [-0.4, -0.2) is 28.9 Å². The van der Waals surface area contributed by atoms with Crippen LogP contribution < -0.4 is 5.32 Å². The number of nitrogens with one attached hydrogen (secondary N) is 1. The molecule has 3 nitrogen and oxygen atoms in total. The van der Waals surface area contributed by atoms with Crippen molar-refractivity contribution in [2.75, 3.05) is 13.1 Å². The number of hydrogen-bond acceptors (Lipinski definition) is 3. The summed E-state index contributed by atoms with van der Waals surface area (Å²) in [5, 5.41) is 25.1. The van der Waals surface area contributed by atoms with Gasteiger partial charge in [-0.15, -0.1) is 0 Å². The molecule has 3 heteroatoms. The molecule has 4 rings (SSSR count). The van der Waals surface area contributed by atoms with Crippen molar-refractivity contribution in [3.8, 4) is 5.75 Å². The molecule has 0 aromatic heterocycles. The molecule has 5 atom stereocenters. The lowest BCUT2D eigenvalue weighted by Crippen LogP contribution is -2.55. The Hall–Kier alpha value is -1.06. The summed E-state index contributed by atoms with van der Waals surface area (Å²) in [6, 6.07) is 6.01. The van der Waals surface area contributed by atoms with E-state index in [1.807, 2.05) is 12.1 Å². The van der Waals surface area contributed by atoms with Crippen molar-refractivity contribution in [2.45, 2.75) is 89.6 Å². The minimum atomic E-state index is -0.553. The first-order chi connectivity index (χ1) is 13.5. The molecule has 1 aromatic carbocycles. The second-order valence-electron chi connectivity index (χ2n) is 10.1. The predicted molar refractivity (Wildman–Crippen MR) is 115 cm³/mol. The highest BCUT2D eigenvalue weighted by atomic mass is 16.3. The molecule has 3 aliphatic carbocycles. The van der Waals surface area contributed by atoms with Gasteiger partial charge in [0.25, 0.3) is 0 Å². The fourth-order valence-corrected chi connectivity index (χ4v) is 6.94. The number of aliphatic hydroxyl groups is 1. The summed E-state index contributed by atoms with van der Waals surface area (Å²) in [5.74, 6) is 2.33. The molecule has 3 N–H and O–H groups in total. The molecule has 28 heavy (non-hydrogen) atoms. The summed E-state index contributed by atoms with van der Waals surface area (Å²) in [6.07, 6.45) is 11.8. The van der Waals surface area contributed by atoms with E-state index in [9.17, 15) is 10.2 Å². The fourth-order valence-electron chi connectivity index (χ4n) is 6.94. The topological polar surface area (TPSA) is 52.5 Å². The average Bonchev–Trinajstić information content (AvgIpc) is 2.95. The maximum absolute atomic E-state index is 11.7. The number of rotatable bonds is 7. The van der Waals surface area contributed by atoms with Crippen molar-refractivity contribution >= 4 is 0 Å². The number of aryl methyl sites for hydroxylation is 1. The van der Waals surface area contributed by atoms with Gasteiger partial charge in [-0.2, -0.15) is 0 Å². The van der Waals surface area contributed by atoms with Crippen LogP contribution in [0.4, 0.5) is 0 Å². The Morgan fingerprint density at radius 1 is 1.11 bits per heavy atom. The zero-order valence-corrected chi connectivity index (χ0v) is 17.8. The summed E-state index contributed by atoms with van der Waals surface area (Å²) < 4.78 is 0. The highest BCUT2D eigenvalue weighted by molar-refractivity contribution is 5.40. The third-order valence-electron chi connectivity index (χ3n) is 8.66. The minimum absolute atomic E-state index is 0.0407. The number of benzene rings is 1. The van der Waals surface area contributed by atoms with E-state index >= 15 is 0 Å². The first-order valence-corrected chi connectivity index (χ1v) is 11.7. The highest BCUT2D eigenvalue weighted by Gasteiger charge is 2.61. The number of aromatic hydroxyl groups is 1. The van der Waals surface area contributed by atoms with Gasteiger partial charge in [-0.3, -0.25) is 0 Å². The lowest BCUT2D eigenvalue weighted by Gasteiger charge is -2.53. The maximum atomic E-state index is 11.7. The van der Waals surface area contributed by atoms with E-state index in [0.717, 1.165) is 32.4 Å². The van der Waals surface area contributed by atoms with Crippen LogP contribution in [0.15, 0.2) is 18.2 Å². The SMILES string of the molecule is CCCCCCNC[C@]1(O)CC[C@H]2[C@@H]3CCc4cc(O)ccc4[C@H]3CC[C@@]21C. The van der Waals surface area contributed by atoms with Crippen LogP contribution in [0.2, 0.25) is 0 Å². The van der Waals surface area contributed by atoms with E-state index in [1.165, 1.54) is 56.1 Å². The van der Waals surface area contributed by atoms with Gasteiger partial charge in [0.1, 0.15) is 5.75 Å². The van der Waals surface area contributed by atoms with Crippen LogP contribution in [0, 0.1) is 17.3 Å². The average molecular weight is 386 g/mol. The lowest BCUT2D eigenvalue weighted by molar-refractivity contribution is -0.100. The van der Waals surface area contributed by atoms with Crippen LogP contribution in [0.1, 0.15) is 88.7 Å². The Kier molecular flexibility index (Phi) is 5.77. The third kappa shape index (κ3) is 3.39. The van der Waals surface area contributed by atoms with Crippen molar-refractivity contribution < 1.29 is 10.2 Å². The second kappa shape index (κ2) is 7.99. The molecule has 156 valence electrons. The Morgan fingerprint density at radius 3 is 2.79 bits per heavy atom. The predicted octanol–water partition coefficient (Wildman–Crippen LogP) is 5.15. The number of unbranched alkanes of at least 4 members (excludes halogenated alkanes) is 3. The number of fused-ring (bicyclic) bond motifs is 5. The molecule has 1 aromatic rings. The van der Waals surface area contributed by atoms with Gasteiger partial charge in [-0.05, 0) is 92.5 Å². The molecule has 0 unspecified atom stereocenters. The van der Waals surface area contributed by atoms with E-state index in [-0.39, 0.29) is 5.41 Å². The maximum Gasteiger partial charge on any atom is 0.115 e. The van der Waals surface area contributed by atoms with Crippen LogP contribution in [0.3, 0.4) is 0 Å². The molecule has 2 fully saturated rings. The molecule has 0 spiro atoms. The number of phenols is 1. The van der Waals surface area contributed by atoms with Crippen LogP contribution in [-0.2, 0) is 6.42 Å². The van der Waals surface area contributed by atoms with Crippen molar-refractivity contribution in [3.63, 3.8) is 0 Å². The van der Waals surface area contributed by atoms with Gasteiger partial charge in [-0.25, -0.2) is 0 Å². The van der Waals surface area contributed by atoms with E-state index < -0.39 is 5.60 Å². The Morgan fingerprint density at radius 2 is 1.96 bits per heavy atom. The van der Waals surface area contributed by atoms with Crippen LogP contribution in [0.25, 0.3) is 0 Å². The van der Waals surface area contributed by atoms with E-state index in [1.54, 1.807) is 0 Å². The molecule has 0 amide bonds. The van der Waals surface area contributed by atoms with E-state index in [4.69, 9.17) is 0 Å². The standard InChI is InChI=1S/C25H39NO2/c1-3-4-5-6-15-26-17-25(28)14-12-23-22-9-7-18-16-19(27)8-10-20(18)21(22)11-13-24(23,25)2/h8,10,16,21-23,26-28H,3-7,9,11-15,17H2,1-2H3/t21-,22-,23+,24+,25-/m1/s1. The first-order valence-electron chi connectivity index (χ1n) is 11.7. The van der Waals surface area contributed by atoms with Gasteiger partial charge >= 0.3 is 0 Å². The summed E-state index contributed by atoms with van der Waals surface area (Å²) in [6.45, 7) is 6.42. The van der Waals surface area contributed by atoms with Gasteiger partial charge in [-0.1, -0.05) is 39.2 Å².